The molecule has 1 saturated carbocycles. The van der Waals surface area contributed by atoms with Crippen LogP contribution in [-0.2, 0) is 16.0 Å². The maximum atomic E-state index is 9.69. The molecule has 14 nitrogen and oxygen atoms in total. The number of ether oxygens (including phenoxy) is 4. The van der Waals surface area contributed by atoms with Gasteiger partial charge < -0.3 is 24.3 Å². The number of hydrogen-bond donors (Lipinski definition) is 1. The highest BCUT2D eigenvalue weighted by atomic mass is 16.5. The van der Waals surface area contributed by atoms with Crippen LogP contribution in [0.4, 0.5) is 11.6 Å². The highest BCUT2D eigenvalue weighted by molar-refractivity contribution is 5.67. The second-order valence-electron chi connectivity index (χ2n) is 13.5. The van der Waals surface area contributed by atoms with Crippen LogP contribution in [0.3, 0.4) is 0 Å². The van der Waals surface area contributed by atoms with Crippen LogP contribution >= 0.6 is 0 Å². The second-order valence-corrected chi connectivity index (χ2v) is 13.5. The molecule has 14 heteroatoms. The fraction of sp³-hybridized carbons (Fsp3) is 0.556. The molecule has 2 aliphatic rings. The standard InChI is InChI=1S/C36H48N10O4/c1-24(47-5)12-13-48-35-33(21-46(43-35)32-10-8-31(9-11-32)44-18-25(2)49-26(3)19-44)42-36-39-16-30(17-40-36)28-6-7-29(15-37)34(14-28)50-27(4)20-45-23-38-22-41-45/h6-7,14,16-17,21-27,31-32H,8-13,18-20H2,1-5H3,(H,39,40,42)/t24-,25-,26+,27-,31?,32?/m0/s1. The molecule has 0 spiro atoms. The lowest BCUT2D eigenvalue weighted by Crippen LogP contribution is -2.51. The van der Waals surface area contributed by atoms with Gasteiger partial charge in [-0.15, -0.1) is 5.10 Å². The van der Waals surface area contributed by atoms with Gasteiger partial charge in [-0.05, 0) is 71.1 Å². The second kappa shape index (κ2) is 16.4. The predicted octanol–water partition coefficient (Wildman–Crippen LogP) is 5.41. The van der Waals surface area contributed by atoms with Crippen LogP contribution in [0.15, 0.2) is 49.4 Å². The van der Waals surface area contributed by atoms with E-state index in [4.69, 9.17) is 24.0 Å². The summed E-state index contributed by atoms with van der Waals surface area (Å²) in [4.78, 5) is 15.8. The minimum Gasteiger partial charge on any atom is -0.487 e. The molecule has 4 aromatic rings. The quantitative estimate of drug-likeness (QED) is 0.181. The minimum absolute atomic E-state index is 0.0790. The molecule has 6 rings (SSSR count). The Morgan fingerprint density at radius 1 is 1.02 bits per heavy atom. The van der Waals surface area contributed by atoms with Crippen LogP contribution in [0.5, 0.6) is 11.6 Å². The number of nitrogens with one attached hydrogen (secondary N) is 1. The van der Waals surface area contributed by atoms with Crippen LogP contribution < -0.4 is 14.8 Å². The lowest BCUT2D eigenvalue weighted by atomic mass is 9.89. The van der Waals surface area contributed by atoms with E-state index in [1.54, 1.807) is 36.6 Å². The van der Waals surface area contributed by atoms with Gasteiger partial charge in [0.1, 0.15) is 36.3 Å². The van der Waals surface area contributed by atoms with Crippen molar-refractivity contribution in [1.29, 1.82) is 5.26 Å². The van der Waals surface area contributed by atoms with Gasteiger partial charge in [0, 0.05) is 50.6 Å². The molecule has 0 unspecified atom stereocenters. The van der Waals surface area contributed by atoms with Crippen molar-refractivity contribution in [3.63, 3.8) is 0 Å². The lowest BCUT2D eigenvalue weighted by Gasteiger charge is -2.42. The molecule has 4 heterocycles. The largest absolute Gasteiger partial charge is 0.487 e. The van der Waals surface area contributed by atoms with Crippen LogP contribution in [0, 0.1) is 11.3 Å². The minimum atomic E-state index is -0.232. The number of nitriles is 1. The summed E-state index contributed by atoms with van der Waals surface area (Å²) in [5, 5.41) is 22.1. The van der Waals surface area contributed by atoms with E-state index in [9.17, 15) is 5.26 Å². The van der Waals surface area contributed by atoms with Gasteiger partial charge in [0.05, 0.1) is 49.3 Å². The van der Waals surface area contributed by atoms with Gasteiger partial charge >= 0.3 is 0 Å². The lowest BCUT2D eigenvalue weighted by molar-refractivity contribution is -0.0852. The molecule has 50 heavy (non-hydrogen) atoms. The SMILES string of the molecule is CO[C@@H](C)CCOc1nn(C2CCC(N3C[C@@H](C)O[C@@H](C)C3)CC2)cc1Nc1ncc(-c2ccc(C#N)c(O[C@@H](C)Cn3cncn3)c2)cn1. The van der Waals surface area contributed by atoms with Gasteiger partial charge in [0.25, 0.3) is 5.88 Å². The Bertz CT molecular complexity index is 1690. The Morgan fingerprint density at radius 2 is 1.76 bits per heavy atom. The first-order chi connectivity index (χ1) is 24.3. The molecule has 3 aromatic heterocycles. The van der Waals surface area contributed by atoms with E-state index in [1.807, 2.05) is 32.2 Å². The Hall–Kier alpha value is -4.58. The number of benzene rings is 1. The Kier molecular flexibility index (Phi) is 11.6. The van der Waals surface area contributed by atoms with Crippen LogP contribution in [0.1, 0.15) is 71.4 Å². The first-order valence-corrected chi connectivity index (χ1v) is 17.5. The number of nitrogens with zero attached hydrogens (tertiary/aromatic N) is 9. The van der Waals surface area contributed by atoms with Crippen LogP contribution in [0.2, 0.25) is 0 Å². The summed E-state index contributed by atoms with van der Waals surface area (Å²) in [5.41, 5.74) is 2.78. The first-order valence-electron chi connectivity index (χ1n) is 17.5. The van der Waals surface area contributed by atoms with Gasteiger partial charge in [0.2, 0.25) is 5.95 Å². The third-order valence-corrected chi connectivity index (χ3v) is 9.44. The molecule has 0 bridgehead atoms. The summed E-state index contributed by atoms with van der Waals surface area (Å²) in [7, 11) is 1.70. The van der Waals surface area contributed by atoms with E-state index >= 15 is 0 Å². The van der Waals surface area contributed by atoms with E-state index in [2.05, 4.69) is 54.9 Å². The summed E-state index contributed by atoms with van der Waals surface area (Å²) in [6.45, 7) is 11.3. The summed E-state index contributed by atoms with van der Waals surface area (Å²) in [5.74, 6) is 1.43. The number of rotatable bonds is 14. The van der Waals surface area contributed by atoms with E-state index in [0.717, 1.165) is 62.0 Å². The summed E-state index contributed by atoms with van der Waals surface area (Å²) in [6, 6.07) is 8.53. The topological polar surface area (TPSA) is 150 Å². The highest BCUT2D eigenvalue weighted by Crippen LogP contribution is 2.35. The van der Waals surface area contributed by atoms with E-state index in [0.29, 0.717) is 42.3 Å². The highest BCUT2D eigenvalue weighted by Gasteiger charge is 2.32. The van der Waals surface area contributed by atoms with Gasteiger partial charge in [-0.25, -0.2) is 19.6 Å². The summed E-state index contributed by atoms with van der Waals surface area (Å²) >= 11 is 0. The molecular weight excluding hydrogens is 636 g/mol. The van der Waals surface area contributed by atoms with Gasteiger partial charge in [0.15, 0.2) is 0 Å². The van der Waals surface area contributed by atoms with Gasteiger partial charge in [-0.3, -0.25) is 9.58 Å². The fourth-order valence-corrected chi connectivity index (χ4v) is 6.80. The zero-order valence-corrected chi connectivity index (χ0v) is 29.6. The predicted molar refractivity (Wildman–Crippen MR) is 187 cm³/mol. The summed E-state index contributed by atoms with van der Waals surface area (Å²) < 4.78 is 27.4. The Morgan fingerprint density at radius 3 is 2.44 bits per heavy atom. The van der Waals surface area contributed by atoms with Crippen molar-refractivity contribution in [3.8, 4) is 28.8 Å². The van der Waals surface area contributed by atoms with Crippen molar-refractivity contribution < 1.29 is 18.9 Å². The van der Waals surface area contributed by atoms with Crippen molar-refractivity contribution in [2.24, 2.45) is 0 Å². The Balaban J connectivity index is 1.13. The molecule has 266 valence electrons. The maximum Gasteiger partial charge on any atom is 0.256 e. The number of morpholine rings is 1. The zero-order valence-electron chi connectivity index (χ0n) is 29.6. The van der Waals surface area contributed by atoms with E-state index in [1.165, 1.54) is 6.33 Å². The number of methoxy groups -OCH3 is 1. The van der Waals surface area contributed by atoms with Gasteiger partial charge in [-0.1, -0.05) is 6.07 Å². The molecule has 1 aliphatic carbocycles. The Labute approximate surface area is 293 Å². The van der Waals surface area contributed by atoms with Gasteiger partial charge in [-0.2, -0.15) is 10.4 Å². The molecule has 1 N–H and O–H groups in total. The molecule has 1 saturated heterocycles. The van der Waals surface area contributed by atoms with Crippen LogP contribution in [-0.4, -0.2) is 96.7 Å². The average Bonchev–Trinajstić information content (AvgIpc) is 3.78. The van der Waals surface area contributed by atoms with E-state index < -0.39 is 0 Å². The summed E-state index contributed by atoms with van der Waals surface area (Å²) in [6.07, 6.45) is 14.1. The van der Waals surface area contributed by atoms with Crippen molar-refractivity contribution in [2.75, 3.05) is 32.1 Å². The molecular formula is C36H48N10O4. The third kappa shape index (κ3) is 8.95. The van der Waals surface area contributed by atoms with E-state index in [-0.39, 0.29) is 30.5 Å². The van der Waals surface area contributed by atoms with Crippen molar-refractivity contribution in [2.45, 2.75) is 103 Å². The maximum absolute atomic E-state index is 9.69. The number of anilines is 2. The fourth-order valence-electron chi connectivity index (χ4n) is 6.80. The van der Waals surface area contributed by atoms with Crippen LogP contribution in [0.25, 0.3) is 11.1 Å². The molecule has 1 aliphatic heterocycles. The molecule has 1 aromatic carbocycles. The smallest absolute Gasteiger partial charge is 0.256 e. The molecule has 0 amide bonds. The molecule has 4 atom stereocenters. The molecule has 0 radical (unpaired) electrons. The zero-order chi connectivity index (χ0) is 35.0. The van der Waals surface area contributed by atoms with Crippen molar-refractivity contribution >= 4 is 11.6 Å². The van der Waals surface area contributed by atoms with Crippen molar-refractivity contribution in [3.05, 3.63) is 55.0 Å². The monoisotopic (exact) mass is 684 g/mol. The number of aromatic nitrogens is 7. The van der Waals surface area contributed by atoms with Crippen molar-refractivity contribution in [1.82, 2.24) is 39.4 Å². The normalized spacial score (nSPS) is 22.4. The third-order valence-electron chi connectivity index (χ3n) is 9.44. The molecule has 2 fully saturated rings. The first kappa shape index (κ1) is 35.3. The number of hydrogen-bond acceptors (Lipinski definition) is 12. The average molecular weight is 685 g/mol.